The van der Waals surface area contributed by atoms with Crippen molar-refractivity contribution in [1.82, 2.24) is 0 Å². The van der Waals surface area contributed by atoms with Gasteiger partial charge in [-0.1, -0.05) is 35.8 Å². The van der Waals surface area contributed by atoms with Crippen LogP contribution in [0.5, 0.6) is 0 Å². The third kappa shape index (κ3) is 3.50. The van der Waals surface area contributed by atoms with E-state index < -0.39 is 0 Å². The summed E-state index contributed by atoms with van der Waals surface area (Å²) in [6, 6.07) is 7.79. The maximum absolute atomic E-state index is 11.3. The number of Topliss-reactive ketones (excluding diaryl/α,β-unsaturated/α-hetero) is 1. The molecular formula is C11H14BrNO. The smallest absolute Gasteiger partial charge is 0.154 e. The zero-order valence-electron chi connectivity index (χ0n) is 8.38. The lowest BCUT2D eigenvalue weighted by Gasteiger charge is -2.07. The summed E-state index contributed by atoms with van der Waals surface area (Å²) in [7, 11) is 0. The van der Waals surface area contributed by atoms with Gasteiger partial charge in [0.2, 0.25) is 0 Å². The zero-order valence-corrected chi connectivity index (χ0v) is 9.97. The Morgan fingerprint density at radius 2 is 2.21 bits per heavy atom. The lowest BCUT2D eigenvalue weighted by Crippen LogP contribution is -2.18. The maximum atomic E-state index is 11.3. The van der Waals surface area contributed by atoms with Gasteiger partial charge in [-0.3, -0.25) is 4.79 Å². The van der Waals surface area contributed by atoms with Gasteiger partial charge in [-0.25, -0.2) is 0 Å². The number of hydrogen-bond donors (Lipinski definition) is 1. The van der Waals surface area contributed by atoms with Gasteiger partial charge in [-0.2, -0.15) is 0 Å². The molecule has 3 heteroatoms. The van der Waals surface area contributed by atoms with Crippen molar-refractivity contribution in [2.75, 3.05) is 11.9 Å². The van der Waals surface area contributed by atoms with Gasteiger partial charge in [-0.15, -0.1) is 0 Å². The van der Waals surface area contributed by atoms with Crippen LogP contribution in [0.3, 0.4) is 0 Å². The van der Waals surface area contributed by atoms with E-state index in [1.54, 1.807) is 0 Å². The molecule has 0 bridgehead atoms. The Morgan fingerprint density at radius 1 is 1.50 bits per heavy atom. The van der Waals surface area contributed by atoms with Crippen LogP contribution in [0, 0.1) is 5.92 Å². The van der Waals surface area contributed by atoms with Crippen molar-refractivity contribution < 1.29 is 4.79 Å². The van der Waals surface area contributed by atoms with Crippen LogP contribution in [-0.2, 0) is 4.79 Å². The minimum absolute atomic E-state index is 0.0923. The van der Waals surface area contributed by atoms with Crippen molar-refractivity contribution >= 4 is 27.4 Å². The Balaban J connectivity index is 2.50. The van der Waals surface area contributed by atoms with E-state index in [2.05, 4.69) is 21.2 Å². The molecule has 0 atom stereocenters. The summed E-state index contributed by atoms with van der Waals surface area (Å²) >= 11 is 3.37. The first-order valence-corrected chi connectivity index (χ1v) is 5.41. The lowest BCUT2D eigenvalue weighted by atomic mass is 10.1. The van der Waals surface area contributed by atoms with Crippen LogP contribution in [0.1, 0.15) is 13.8 Å². The molecule has 0 saturated carbocycles. The van der Waals surface area contributed by atoms with Gasteiger partial charge in [0.05, 0.1) is 6.54 Å². The van der Waals surface area contributed by atoms with Crippen molar-refractivity contribution in [2.24, 2.45) is 5.92 Å². The second-order valence-corrected chi connectivity index (χ2v) is 4.40. The van der Waals surface area contributed by atoms with E-state index in [0.29, 0.717) is 6.54 Å². The van der Waals surface area contributed by atoms with Crippen molar-refractivity contribution in [1.29, 1.82) is 0 Å². The van der Waals surface area contributed by atoms with E-state index in [-0.39, 0.29) is 11.7 Å². The molecule has 1 aromatic carbocycles. The SMILES string of the molecule is CC(C)C(=O)CNc1cccc(Br)c1. The zero-order chi connectivity index (χ0) is 10.6. The summed E-state index contributed by atoms with van der Waals surface area (Å²) in [5.41, 5.74) is 0.966. The topological polar surface area (TPSA) is 29.1 Å². The molecule has 0 heterocycles. The minimum atomic E-state index is 0.0923. The predicted molar refractivity (Wildman–Crippen MR) is 62.5 cm³/mol. The van der Waals surface area contributed by atoms with Crippen molar-refractivity contribution in [2.45, 2.75) is 13.8 Å². The number of anilines is 1. The van der Waals surface area contributed by atoms with Gasteiger partial charge in [-0.05, 0) is 18.2 Å². The van der Waals surface area contributed by atoms with Gasteiger partial charge in [0, 0.05) is 16.1 Å². The molecule has 0 saturated heterocycles. The molecule has 14 heavy (non-hydrogen) atoms. The molecule has 1 N–H and O–H groups in total. The Labute approximate surface area is 92.8 Å². The molecule has 0 aliphatic rings. The normalized spacial score (nSPS) is 10.3. The molecule has 0 unspecified atom stereocenters. The summed E-state index contributed by atoms with van der Waals surface area (Å²) in [6.45, 7) is 4.21. The minimum Gasteiger partial charge on any atom is -0.378 e. The fourth-order valence-electron chi connectivity index (χ4n) is 0.992. The third-order valence-corrected chi connectivity index (χ3v) is 2.43. The Hall–Kier alpha value is -0.830. The quantitative estimate of drug-likeness (QED) is 0.896. The summed E-state index contributed by atoms with van der Waals surface area (Å²) in [5.74, 6) is 0.319. The van der Waals surface area contributed by atoms with E-state index in [1.807, 2.05) is 38.1 Å². The van der Waals surface area contributed by atoms with Gasteiger partial charge in [0.25, 0.3) is 0 Å². The fraction of sp³-hybridized carbons (Fsp3) is 0.364. The van der Waals surface area contributed by atoms with Gasteiger partial charge in [0.1, 0.15) is 0 Å². The van der Waals surface area contributed by atoms with Gasteiger partial charge >= 0.3 is 0 Å². The molecule has 1 rings (SSSR count). The van der Waals surface area contributed by atoms with Crippen LogP contribution in [0.2, 0.25) is 0 Å². The molecule has 0 radical (unpaired) electrons. The Kier molecular flexibility index (Phi) is 4.14. The summed E-state index contributed by atoms with van der Waals surface area (Å²) in [5, 5.41) is 3.09. The van der Waals surface area contributed by atoms with Crippen LogP contribution in [0.4, 0.5) is 5.69 Å². The summed E-state index contributed by atoms with van der Waals surface area (Å²) in [4.78, 5) is 11.3. The highest BCUT2D eigenvalue weighted by Crippen LogP contribution is 2.15. The molecule has 0 amide bonds. The molecular weight excluding hydrogens is 242 g/mol. The predicted octanol–water partition coefficient (Wildman–Crippen LogP) is 3.09. The molecule has 76 valence electrons. The first kappa shape index (κ1) is 11.2. The van der Waals surface area contributed by atoms with Crippen molar-refractivity contribution in [3.63, 3.8) is 0 Å². The second kappa shape index (κ2) is 5.15. The van der Waals surface area contributed by atoms with E-state index in [4.69, 9.17) is 0 Å². The van der Waals surface area contributed by atoms with E-state index in [0.717, 1.165) is 10.2 Å². The lowest BCUT2D eigenvalue weighted by molar-refractivity contribution is -0.120. The largest absolute Gasteiger partial charge is 0.378 e. The van der Waals surface area contributed by atoms with Crippen LogP contribution >= 0.6 is 15.9 Å². The molecule has 2 nitrogen and oxygen atoms in total. The molecule has 0 aliphatic carbocycles. The number of benzene rings is 1. The standard InChI is InChI=1S/C11H14BrNO/c1-8(2)11(14)7-13-10-5-3-4-9(12)6-10/h3-6,8,13H,7H2,1-2H3. The summed E-state index contributed by atoms with van der Waals surface area (Å²) < 4.78 is 1.01. The number of nitrogens with one attached hydrogen (secondary N) is 1. The molecule has 1 aromatic rings. The third-order valence-electron chi connectivity index (χ3n) is 1.94. The van der Waals surface area contributed by atoms with Crippen LogP contribution in [0.15, 0.2) is 28.7 Å². The molecule has 0 aliphatic heterocycles. The summed E-state index contributed by atoms with van der Waals surface area (Å²) in [6.07, 6.45) is 0. The van der Waals surface area contributed by atoms with Crippen LogP contribution in [0.25, 0.3) is 0 Å². The number of carbonyl (C=O) groups is 1. The van der Waals surface area contributed by atoms with Crippen LogP contribution < -0.4 is 5.32 Å². The van der Waals surface area contributed by atoms with Gasteiger partial charge < -0.3 is 5.32 Å². The number of carbonyl (C=O) groups excluding carboxylic acids is 1. The highest BCUT2D eigenvalue weighted by atomic mass is 79.9. The van der Waals surface area contributed by atoms with Gasteiger partial charge in [0.15, 0.2) is 5.78 Å². The average molecular weight is 256 g/mol. The molecule has 0 spiro atoms. The Morgan fingerprint density at radius 3 is 2.79 bits per heavy atom. The highest BCUT2D eigenvalue weighted by molar-refractivity contribution is 9.10. The highest BCUT2D eigenvalue weighted by Gasteiger charge is 2.05. The number of ketones is 1. The number of hydrogen-bond acceptors (Lipinski definition) is 2. The van der Waals surface area contributed by atoms with Crippen LogP contribution in [-0.4, -0.2) is 12.3 Å². The Bertz CT molecular complexity index is 323. The van der Waals surface area contributed by atoms with Crippen molar-refractivity contribution in [3.8, 4) is 0 Å². The first-order chi connectivity index (χ1) is 6.59. The molecule has 0 fully saturated rings. The fourth-order valence-corrected chi connectivity index (χ4v) is 1.39. The number of rotatable bonds is 4. The average Bonchev–Trinajstić information content (AvgIpc) is 2.14. The van der Waals surface area contributed by atoms with E-state index in [9.17, 15) is 4.79 Å². The van der Waals surface area contributed by atoms with E-state index in [1.165, 1.54) is 0 Å². The van der Waals surface area contributed by atoms with Crippen molar-refractivity contribution in [3.05, 3.63) is 28.7 Å². The van der Waals surface area contributed by atoms with E-state index >= 15 is 0 Å². The molecule has 0 aromatic heterocycles. The maximum Gasteiger partial charge on any atom is 0.154 e. The second-order valence-electron chi connectivity index (χ2n) is 3.48. The number of halogens is 1. The monoisotopic (exact) mass is 255 g/mol. The first-order valence-electron chi connectivity index (χ1n) is 4.61.